The van der Waals surface area contributed by atoms with Crippen LogP contribution in [-0.2, 0) is 15.0 Å². The molecule has 1 spiro atoms. The lowest BCUT2D eigenvalue weighted by atomic mass is 9.81. The lowest BCUT2D eigenvalue weighted by Crippen LogP contribution is -2.42. The maximum Gasteiger partial charge on any atom is 0.237 e. The molecule has 0 aliphatic carbocycles. The van der Waals surface area contributed by atoms with Crippen LogP contribution in [0, 0.1) is 5.41 Å². The molecule has 1 saturated heterocycles. The molecule has 0 aromatic heterocycles. The molecule has 2 aliphatic heterocycles. The second kappa shape index (κ2) is 4.73. The molecule has 2 amide bonds. The first-order valence-corrected chi connectivity index (χ1v) is 7.57. The van der Waals surface area contributed by atoms with Gasteiger partial charge in [-0.05, 0) is 30.2 Å². The van der Waals surface area contributed by atoms with E-state index in [9.17, 15) is 9.59 Å². The number of nitrogens with one attached hydrogen (secondary N) is 1. The lowest BCUT2D eigenvalue weighted by Gasteiger charge is -2.27. The normalized spacial score (nSPS) is 23.6. The standard InChI is InChI=1S/C17H22N2O3/c1-16(2,3)15(21)19-8-7-17(10-19)12-9-11(22-4)5-6-13(12)18-14(17)20/h5-6,9H,7-8,10H2,1-4H3,(H,18,20)/t17-/m0/s1. The zero-order chi connectivity index (χ0) is 16.1. The van der Waals surface area contributed by atoms with Crippen LogP contribution >= 0.6 is 0 Å². The molecule has 1 N–H and O–H groups in total. The van der Waals surface area contributed by atoms with Gasteiger partial charge in [-0.15, -0.1) is 0 Å². The van der Waals surface area contributed by atoms with Crippen molar-refractivity contribution in [2.24, 2.45) is 5.41 Å². The molecule has 1 aromatic rings. The molecular weight excluding hydrogens is 280 g/mol. The summed E-state index contributed by atoms with van der Waals surface area (Å²) in [5, 5.41) is 2.95. The van der Waals surface area contributed by atoms with Gasteiger partial charge in [-0.3, -0.25) is 9.59 Å². The Morgan fingerprint density at radius 1 is 1.36 bits per heavy atom. The van der Waals surface area contributed by atoms with E-state index in [1.165, 1.54) is 0 Å². The van der Waals surface area contributed by atoms with E-state index >= 15 is 0 Å². The summed E-state index contributed by atoms with van der Waals surface area (Å²) in [5.41, 5.74) is 0.708. The van der Waals surface area contributed by atoms with Crippen LogP contribution in [0.2, 0.25) is 0 Å². The summed E-state index contributed by atoms with van der Waals surface area (Å²) in [7, 11) is 1.61. The maximum absolute atomic E-state index is 12.6. The summed E-state index contributed by atoms with van der Waals surface area (Å²) in [6.45, 7) is 6.78. The van der Waals surface area contributed by atoms with Gasteiger partial charge in [0.25, 0.3) is 0 Å². The third-order valence-corrected chi connectivity index (χ3v) is 4.62. The Morgan fingerprint density at radius 2 is 2.09 bits per heavy atom. The van der Waals surface area contributed by atoms with Gasteiger partial charge in [0, 0.05) is 24.2 Å². The Labute approximate surface area is 130 Å². The van der Waals surface area contributed by atoms with Gasteiger partial charge in [0.15, 0.2) is 0 Å². The largest absolute Gasteiger partial charge is 0.497 e. The summed E-state index contributed by atoms with van der Waals surface area (Å²) < 4.78 is 5.29. The molecule has 1 aromatic carbocycles. The Bertz CT molecular complexity index is 648. The molecule has 118 valence electrons. The minimum Gasteiger partial charge on any atom is -0.497 e. The molecule has 1 fully saturated rings. The fraction of sp³-hybridized carbons (Fsp3) is 0.529. The molecule has 5 heteroatoms. The van der Waals surface area contributed by atoms with E-state index in [0.29, 0.717) is 19.5 Å². The number of hydrogen-bond donors (Lipinski definition) is 1. The van der Waals surface area contributed by atoms with Crippen molar-refractivity contribution in [1.29, 1.82) is 0 Å². The Morgan fingerprint density at radius 3 is 2.73 bits per heavy atom. The van der Waals surface area contributed by atoms with E-state index in [0.717, 1.165) is 17.0 Å². The van der Waals surface area contributed by atoms with Gasteiger partial charge in [-0.2, -0.15) is 0 Å². The second-order valence-electron chi connectivity index (χ2n) is 7.17. The Kier molecular flexibility index (Phi) is 3.20. The molecule has 1 atom stereocenters. The molecule has 0 unspecified atom stereocenters. The molecular formula is C17H22N2O3. The lowest BCUT2D eigenvalue weighted by molar-refractivity contribution is -0.138. The fourth-order valence-corrected chi connectivity index (χ4v) is 3.38. The number of fused-ring (bicyclic) bond motifs is 2. The first-order valence-electron chi connectivity index (χ1n) is 7.57. The van der Waals surface area contributed by atoms with Crippen molar-refractivity contribution < 1.29 is 14.3 Å². The van der Waals surface area contributed by atoms with Crippen LogP contribution in [0.5, 0.6) is 5.75 Å². The number of carbonyl (C=O) groups excluding carboxylic acids is 2. The van der Waals surface area contributed by atoms with Crippen molar-refractivity contribution >= 4 is 17.5 Å². The Balaban J connectivity index is 1.96. The number of amides is 2. The van der Waals surface area contributed by atoms with Gasteiger partial charge in [0.2, 0.25) is 11.8 Å². The van der Waals surface area contributed by atoms with Gasteiger partial charge in [0.05, 0.1) is 12.5 Å². The van der Waals surface area contributed by atoms with E-state index in [1.54, 1.807) is 7.11 Å². The zero-order valence-electron chi connectivity index (χ0n) is 13.5. The van der Waals surface area contributed by atoms with Crippen LogP contribution < -0.4 is 10.1 Å². The highest BCUT2D eigenvalue weighted by atomic mass is 16.5. The number of benzene rings is 1. The molecule has 22 heavy (non-hydrogen) atoms. The van der Waals surface area contributed by atoms with Crippen molar-refractivity contribution in [1.82, 2.24) is 4.90 Å². The fourth-order valence-electron chi connectivity index (χ4n) is 3.38. The highest BCUT2D eigenvalue weighted by Crippen LogP contribution is 2.46. The van der Waals surface area contributed by atoms with Crippen molar-refractivity contribution in [3.05, 3.63) is 23.8 Å². The summed E-state index contributed by atoms with van der Waals surface area (Å²) in [5.74, 6) is 0.809. The predicted molar refractivity (Wildman–Crippen MR) is 84.0 cm³/mol. The van der Waals surface area contributed by atoms with Gasteiger partial charge in [-0.25, -0.2) is 0 Å². The molecule has 0 saturated carbocycles. The van der Waals surface area contributed by atoms with E-state index < -0.39 is 10.8 Å². The van der Waals surface area contributed by atoms with Crippen molar-refractivity contribution in [2.75, 3.05) is 25.5 Å². The summed E-state index contributed by atoms with van der Waals surface area (Å²) in [6, 6.07) is 5.62. The van der Waals surface area contributed by atoms with Crippen LogP contribution in [0.1, 0.15) is 32.8 Å². The third-order valence-electron chi connectivity index (χ3n) is 4.62. The van der Waals surface area contributed by atoms with E-state index in [2.05, 4.69) is 5.32 Å². The minimum atomic E-state index is -0.634. The first kappa shape index (κ1) is 14.9. The van der Waals surface area contributed by atoms with E-state index in [4.69, 9.17) is 4.74 Å². The highest BCUT2D eigenvalue weighted by Gasteiger charge is 2.53. The van der Waals surface area contributed by atoms with Crippen LogP contribution in [0.3, 0.4) is 0 Å². The quantitative estimate of drug-likeness (QED) is 0.865. The summed E-state index contributed by atoms with van der Waals surface area (Å²) in [4.78, 5) is 26.9. The topological polar surface area (TPSA) is 58.6 Å². The number of likely N-dealkylation sites (tertiary alicyclic amines) is 1. The van der Waals surface area contributed by atoms with Crippen LogP contribution in [0.25, 0.3) is 0 Å². The zero-order valence-corrected chi connectivity index (χ0v) is 13.5. The van der Waals surface area contributed by atoms with Gasteiger partial charge >= 0.3 is 0 Å². The average Bonchev–Trinajstić information content (AvgIpc) is 3.02. The second-order valence-corrected chi connectivity index (χ2v) is 7.17. The first-order chi connectivity index (χ1) is 10.3. The van der Waals surface area contributed by atoms with Crippen molar-refractivity contribution in [3.8, 4) is 5.75 Å². The number of methoxy groups -OCH3 is 1. The van der Waals surface area contributed by atoms with E-state index in [1.807, 2.05) is 43.9 Å². The predicted octanol–water partition coefficient (Wildman–Crippen LogP) is 2.16. The third kappa shape index (κ3) is 2.07. The monoisotopic (exact) mass is 302 g/mol. The smallest absolute Gasteiger partial charge is 0.237 e. The molecule has 0 bridgehead atoms. The van der Waals surface area contributed by atoms with Crippen molar-refractivity contribution in [3.63, 3.8) is 0 Å². The van der Waals surface area contributed by atoms with Gasteiger partial charge in [-0.1, -0.05) is 20.8 Å². The molecule has 0 radical (unpaired) electrons. The van der Waals surface area contributed by atoms with E-state index in [-0.39, 0.29) is 11.8 Å². The number of hydrogen-bond acceptors (Lipinski definition) is 3. The highest BCUT2D eigenvalue weighted by molar-refractivity contribution is 6.07. The summed E-state index contributed by atoms with van der Waals surface area (Å²) in [6.07, 6.45) is 0.654. The van der Waals surface area contributed by atoms with Crippen LogP contribution in [0.4, 0.5) is 5.69 Å². The number of carbonyl (C=O) groups is 2. The van der Waals surface area contributed by atoms with Gasteiger partial charge < -0.3 is 15.0 Å². The number of anilines is 1. The molecule has 3 rings (SSSR count). The molecule has 5 nitrogen and oxygen atoms in total. The van der Waals surface area contributed by atoms with Gasteiger partial charge in [0.1, 0.15) is 5.75 Å². The Hall–Kier alpha value is -2.04. The average molecular weight is 302 g/mol. The summed E-state index contributed by atoms with van der Waals surface area (Å²) >= 11 is 0. The van der Waals surface area contributed by atoms with Crippen molar-refractivity contribution in [2.45, 2.75) is 32.6 Å². The molecule has 2 aliphatic rings. The van der Waals surface area contributed by atoms with Crippen LogP contribution in [0.15, 0.2) is 18.2 Å². The minimum absolute atomic E-state index is 0.0139. The van der Waals surface area contributed by atoms with Crippen LogP contribution in [-0.4, -0.2) is 36.9 Å². The molecule has 2 heterocycles. The number of ether oxygens (including phenoxy) is 1. The number of nitrogens with zero attached hydrogens (tertiary/aromatic N) is 1. The SMILES string of the molecule is COc1ccc2c(c1)[C@@]1(CCN(C(=O)C(C)(C)C)C1)C(=O)N2. The number of rotatable bonds is 1. The maximum atomic E-state index is 12.6.